The van der Waals surface area contributed by atoms with Crippen LogP contribution in [0.15, 0.2) is 0 Å². The van der Waals surface area contributed by atoms with Crippen LogP contribution in [0.4, 0.5) is 4.79 Å². The zero-order valence-electron chi connectivity index (χ0n) is 13.1. The summed E-state index contributed by atoms with van der Waals surface area (Å²) in [5.74, 6) is -0.471. The maximum atomic E-state index is 12.4. The van der Waals surface area contributed by atoms with Crippen molar-refractivity contribution in [3.8, 4) is 0 Å². The maximum absolute atomic E-state index is 12.4. The van der Waals surface area contributed by atoms with Gasteiger partial charge < -0.3 is 19.3 Å². The van der Waals surface area contributed by atoms with Crippen LogP contribution in [0.2, 0.25) is 0 Å². The number of amides is 1. The minimum Gasteiger partial charge on any atom is -0.457 e. The number of aliphatic hydroxyl groups is 1. The Kier molecular flexibility index (Phi) is 3.92. The molecule has 1 N–H and O–H groups in total. The molecule has 7 heteroatoms. The zero-order chi connectivity index (χ0) is 16.0. The predicted molar refractivity (Wildman–Crippen MR) is 72.4 cm³/mol. The predicted octanol–water partition coefficient (Wildman–Crippen LogP) is 1.03. The molecule has 0 spiro atoms. The molecule has 0 aromatic heterocycles. The van der Waals surface area contributed by atoms with Crippen molar-refractivity contribution in [3.05, 3.63) is 0 Å². The fourth-order valence-electron chi connectivity index (χ4n) is 2.64. The summed E-state index contributed by atoms with van der Waals surface area (Å²) in [6.45, 7) is 8.97. The largest absolute Gasteiger partial charge is 0.457 e. The van der Waals surface area contributed by atoms with Crippen LogP contribution in [0.25, 0.3) is 0 Å². The number of carbonyl (C=O) groups excluding carboxylic acids is 2. The van der Waals surface area contributed by atoms with E-state index in [0.29, 0.717) is 0 Å². The molecule has 0 unspecified atom stereocenters. The lowest BCUT2D eigenvalue weighted by Crippen LogP contribution is -2.55. The van der Waals surface area contributed by atoms with Crippen molar-refractivity contribution in [2.75, 3.05) is 6.61 Å². The number of rotatable bonds is 1. The smallest absolute Gasteiger partial charge is 0.413 e. The summed E-state index contributed by atoms with van der Waals surface area (Å²) in [7, 11) is 0. The second kappa shape index (κ2) is 5.14. The van der Waals surface area contributed by atoms with E-state index in [2.05, 4.69) is 0 Å². The van der Waals surface area contributed by atoms with E-state index >= 15 is 0 Å². The number of hydrogen-bond acceptors (Lipinski definition) is 6. The van der Waals surface area contributed by atoms with E-state index in [1.807, 2.05) is 0 Å². The molecule has 2 aliphatic rings. The quantitative estimate of drug-likeness (QED) is 0.728. The summed E-state index contributed by atoms with van der Waals surface area (Å²) in [6, 6.07) is -0.559. The third kappa shape index (κ3) is 3.29. The number of ether oxygens (including phenoxy) is 3. The average Bonchev–Trinajstić information content (AvgIpc) is 2.75. The Balaban J connectivity index is 2.21. The Morgan fingerprint density at radius 1 is 1.43 bits per heavy atom. The van der Waals surface area contributed by atoms with Crippen LogP contribution in [-0.2, 0) is 19.0 Å². The molecule has 7 nitrogen and oxygen atoms in total. The van der Waals surface area contributed by atoms with Crippen molar-refractivity contribution in [2.45, 2.75) is 70.6 Å². The monoisotopic (exact) mass is 301 g/mol. The van der Waals surface area contributed by atoms with E-state index in [-0.39, 0.29) is 13.0 Å². The van der Waals surface area contributed by atoms with Gasteiger partial charge in [0.2, 0.25) is 0 Å². The lowest BCUT2D eigenvalue weighted by Gasteiger charge is -2.36. The summed E-state index contributed by atoms with van der Waals surface area (Å²) in [6.07, 6.45) is -2.34. The first-order chi connectivity index (χ1) is 9.51. The third-order valence-corrected chi connectivity index (χ3v) is 3.51. The van der Waals surface area contributed by atoms with Gasteiger partial charge >= 0.3 is 12.1 Å². The Morgan fingerprint density at radius 2 is 2.05 bits per heavy atom. The van der Waals surface area contributed by atoms with E-state index in [9.17, 15) is 14.7 Å². The first-order valence-corrected chi connectivity index (χ1v) is 7.05. The Hall–Kier alpha value is -1.34. The van der Waals surface area contributed by atoms with Crippen LogP contribution in [0.3, 0.4) is 0 Å². The molecule has 0 saturated carbocycles. The molecule has 0 aromatic carbocycles. The highest BCUT2D eigenvalue weighted by Gasteiger charge is 2.53. The zero-order valence-corrected chi connectivity index (χ0v) is 13.1. The summed E-state index contributed by atoms with van der Waals surface area (Å²) in [4.78, 5) is 25.2. The van der Waals surface area contributed by atoms with Crippen LogP contribution < -0.4 is 0 Å². The van der Waals surface area contributed by atoms with Crippen LogP contribution in [0, 0.1) is 0 Å². The van der Waals surface area contributed by atoms with Crippen molar-refractivity contribution in [1.29, 1.82) is 0 Å². The number of esters is 1. The van der Waals surface area contributed by atoms with Crippen LogP contribution in [0.5, 0.6) is 0 Å². The van der Waals surface area contributed by atoms with Crippen molar-refractivity contribution in [2.24, 2.45) is 0 Å². The molecule has 2 saturated heterocycles. The SMILES string of the molecule is CC(C)(C)OC(=O)N1[C@@H]([C@H]2OC(=O)C[C@H]2O)COC1(C)C. The summed E-state index contributed by atoms with van der Waals surface area (Å²) in [5, 5.41) is 9.94. The number of carbonyl (C=O) groups is 2. The Morgan fingerprint density at radius 3 is 2.52 bits per heavy atom. The van der Waals surface area contributed by atoms with E-state index in [4.69, 9.17) is 14.2 Å². The molecule has 2 heterocycles. The number of cyclic esters (lactones) is 1. The van der Waals surface area contributed by atoms with Crippen molar-refractivity contribution >= 4 is 12.1 Å². The van der Waals surface area contributed by atoms with Crippen LogP contribution >= 0.6 is 0 Å². The van der Waals surface area contributed by atoms with Gasteiger partial charge in [-0.25, -0.2) is 4.79 Å². The van der Waals surface area contributed by atoms with Gasteiger partial charge in [-0.15, -0.1) is 0 Å². The number of aliphatic hydroxyl groups excluding tert-OH is 1. The highest BCUT2D eigenvalue weighted by molar-refractivity contribution is 5.73. The minimum absolute atomic E-state index is 0.0657. The van der Waals surface area contributed by atoms with E-state index < -0.39 is 41.6 Å². The molecule has 0 aromatic rings. The lowest BCUT2D eigenvalue weighted by atomic mass is 10.0. The molecule has 3 atom stereocenters. The molecule has 2 aliphatic heterocycles. The Bertz CT molecular complexity index is 441. The number of nitrogens with zero attached hydrogens (tertiary/aromatic N) is 1. The van der Waals surface area contributed by atoms with Crippen LogP contribution in [0.1, 0.15) is 41.0 Å². The molecule has 0 bridgehead atoms. The second-order valence-corrected chi connectivity index (χ2v) is 6.90. The highest BCUT2D eigenvalue weighted by Crippen LogP contribution is 2.34. The minimum atomic E-state index is -0.940. The fourth-order valence-corrected chi connectivity index (χ4v) is 2.64. The average molecular weight is 301 g/mol. The fraction of sp³-hybridized carbons (Fsp3) is 0.857. The van der Waals surface area contributed by atoms with Gasteiger partial charge in [-0.1, -0.05) is 0 Å². The normalized spacial score (nSPS) is 32.2. The Labute approximate surface area is 124 Å². The van der Waals surface area contributed by atoms with Crippen molar-refractivity contribution < 1.29 is 28.9 Å². The molecule has 120 valence electrons. The molecule has 0 aliphatic carbocycles. The van der Waals surface area contributed by atoms with Crippen LogP contribution in [-0.4, -0.2) is 58.3 Å². The number of hydrogen-bond donors (Lipinski definition) is 1. The van der Waals surface area contributed by atoms with Gasteiger partial charge in [0.15, 0.2) is 6.10 Å². The van der Waals surface area contributed by atoms with Gasteiger partial charge in [-0.3, -0.25) is 9.69 Å². The maximum Gasteiger partial charge on any atom is 0.413 e. The summed E-state index contributed by atoms with van der Waals surface area (Å²) in [5.41, 5.74) is -1.53. The van der Waals surface area contributed by atoms with Crippen molar-refractivity contribution in [3.63, 3.8) is 0 Å². The molecule has 2 fully saturated rings. The van der Waals surface area contributed by atoms with Gasteiger partial charge in [0, 0.05) is 0 Å². The van der Waals surface area contributed by atoms with E-state index in [1.165, 1.54) is 4.90 Å². The van der Waals surface area contributed by atoms with Gasteiger partial charge in [-0.2, -0.15) is 0 Å². The standard InChI is InChI=1S/C14H23NO6/c1-13(2,3)21-12(18)15-8(7-19-14(15,4)5)11-9(16)6-10(17)20-11/h8-9,11,16H,6-7H2,1-5H3/t8-,9-,11-/m1/s1. The van der Waals surface area contributed by atoms with Gasteiger partial charge in [-0.05, 0) is 34.6 Å². The lowest BCUT2D eigenvalue weighted by molar-refractivity contribution is -0.144. The molecule has 21 heavy (non-hydrogen) atoms. The highest BCUT2D eigenvalue weighted by atomic mass is 16.6. The molecular formula is C14H23NO6. The second-order valence-electron chi connectivity index (χ2n) is 6.90. The molecule has 0 radical (unpaired) electrons. The van der Waals surface area contributed by atoms with Gasteiger partial charge in [0.1, 0.15) is 23.5 Å². The first-order valence-electron chi connectivity index (χ1n) is 7.05. The first kappa shape index (κ1) is 16.0. The van der Waals surface area contributed by atoms with E-state index in [0.717, 1.165) is 0 Å². The molecule has 1 amide bonds. The summed E-state index contributed by atoms with van der Waals surface area (Å²) >= 11 is 0. The van der Waals surface area contributed by atoms with Gasteiger partial charge in [0.25, 0.3) is 0 Å². The summed E-state index contributed by atoms with van der Waals surface area (Å²) < 4.78 is 16.2. The van der Waals surface area contributed by atoms with Gasteiger partial charge in [0.05, 0.1) is 13.0 Å². The third-order valence-electron chi connectivity index (χ3n) is 3.51. The van der Waals surface area contributed by atoms with Crippen molar-refractivity contribution in [1.82, 2.24) is 4.90 Å². The molecular weight excluding hydrogens is 278 g/mol. The van der Waals surface area contributed by atoms with E-state index in [1.54, 1.807) is 34.6 Å². The topological polar surface area (TPSA) is 85.3 Å². The molecule has 2 rings (SSSR count).